The third-order valence-corrected chi connectivity index (χ3v) is 8.64. The molecule has 0 unspecified atom stereocenters. The van der Waals surface area contributed by atoms with Crippen LogP contribution >= 0.6 is 11.6 Å². The highest BCUT2D eigenvalue weighted by atomic mass is 35.5. The molecule has 220 valence electrons. The SMILES string of the molecule is CCOc1ccc(N(CCCC(=O)N(Cc2ccc(Cl)cc2)[C@@H](CC)C(=O)NC2CCCCC2)S(C)(=O)=O)cc1. The topological polar surface area (TPSA) is 96.0 Å². The van der Waals surface area contributed by atoms with E-state index in [-0.39, 0.29) is 37.4 Å². The van der Waals surface area contributed by atoms with E-state index in [2.05, 4.69) is 5.32 Å². The maximum Gasteiger partial charge on any atom is 0.243 e. The van der Waals surface area contributed by atoms with Crippen molar-refractivity contribution in [3.05, 3.63) is 59.1 Å². The summed E-state index contributed by atoms with van der Waals surface area (Å²) >= 11 is 6.06. The molecule has 1 fully saturated rings. The Morgan fingerprint density at radius 3 is 2.25 bits per heavy atom. The van der Waals surface area contributed by atoms with Crippen molar-refractivity contribution in [2.24, 2.45) is 0 Å². The zero-order valence-electron chi connectivity index (χ0n) is 23.8. The number of hydrogen-bond donors (Lipinski definition) is 1. The van der Waals surface area contributed by atoms with E-state index in [9.17, 15) is 18.0 Å². The van der Waals surface area contributed by atoms with Crippen LogP contribution < -0.4 is 14.4 Å². The van der Waals surface area contributed by atoms with Gasteiger partial charge in [0.1, 0.15) is 11.8 Å². The van der Waals surface area contributed by atoms with Crippen molar-refractivity contribution in [3.8, 4) is 5.75 Å². The molecule has 3 rings (SSSR count). The minimum Gasteiger partial charge on any atom is -0.494 e. The molecule has 1 atom stereocenters. The minimum atomic E-state index is -3.57. The molecule has 1 aliphatic rings. The lowest BCUT2D eigenvalue weighted by atomic mass is 9.95. The summed E-state index contributed by atoms with van der Waals surface area (Å²) in [7, 11) is -3.57. The lowest BCUT2D eigenvalue weighted by molar-refractivity contribution is -0.141. The van der Waals surface area contributed by atoms with E-state index < -0.39 is 16.1 Å². The molecule has 0 bridgehead atoms. The van der Waals surface area contributed by atoms with Crippen molar-refractivity contribution in [3.63, 3.8) is 0 Å². The zero-order chi connectivity index (χ0) is 29.1. The van der Waals surface area contributed by atoms with Crippen LogP contribution in [-0.2, 0) is 26.2 Å². The zero-order valence-corrected chi connectivity index (χ0v) is 25.3. The van der Waals surface area contributed by atoms with Gasteiger partial charge in [-0.3, -0.25) is 13.9 Å². The summed E-state index contributed by atoms with van der Waals surface area (Å²) in [5, 5.41) is 3.77. The summed E-state index contributed by atoms with van der Waals surface area (Å²) in [5.41, 5.74) is 1.38. The molecular formula is C30H42ClN3O5S. The molecule has 0 aliphatic heterocycles. The maximum absolute atomic E-state index is 13.6. The van der Waals surface area contributed by atoms with E-state index in [1.807, 2.05) is 26.0 Å². The van der Waals surface area contributed by atoms with Crippen LogP contribution in [0.5, 0.6) is 5.75 Å². The molecule has 1 aliphatic carbocycles. The predicted octanol–water partition coefficient (Wildman–Crippen LogP) is 5.54. The van der Waals surface area contributed by atoms with Gasteiger partial charge < -0.3 is 15.0 Å². The van der Waals surface area contributed by atoms with Gasteiger partial charge >= 0.3 is 0 Å². The summed E-state index contributed by atoms with van der Waals surface area (Å²) in [6.45, 7) is 4.71. The van der Waals surface area contributed by atoms with Crippen LogP contribution in [0.4, 0.5) is 5.69 Å². The molecule has 1 saturated carbocycles. The Bertz CT molecular complexity index is 1200. The van der Waals surface area contributed by atoms with E-state index in [4.69, 9.17) is 16.3 Å². The number of ether oxygens (including phenoxy) is 1. The van der Waals surface area contributed by atoms with E-state index in [0.717, 1.165) is 37.5 Å². The molecule has 0 aromatic heterocycles. The third-order valence-electron chi connectivity index (χ3n) is 7.19. The molecule has 2 aromatic rings. The highest BCUT2D eigenvalue weighted by Gasteiger charge is 2.30. The molecule has 8 nitrogen and oxygen atoms in total. The Kier molecular flexibility index (Phi) is 12.1. The van der Waals surface area contributed by atoms with Gasteiger partial charge in [-0.25, -0.2) is 8.42 Å². The Balaban J connectivity index is 1.73. The highest BCUT2D eigenvalue weighted by molar-refractivity contribution is 7.92. The molecule has 40 heavy (non-hydrogen) atoms. The fraction of sp³-hybridized carbons (Fsp3) is 0.533. The van der Waals surface area contributed by atoms with Crippen LogP contribution in [0, 0.1) is 0 Å². The van der Waals surface area contributed by atoms with Crippen LogP contribution in [0.3, 0.4) is 0 Å². The van der Waals surface area contributed by atoms with E-state index in [1.54, 1.807) is 41.3 Å². The maximum atomic E-state index is 13.6. The number of amides is 2. The quantitative estimate of drug-likeness (QED) is 0.311. The van der Waals surface area contributed by atoms with Crippen LogP contribution in [0.15, 0.2) is 48.5 Å². The molecule has 0 spiro atoms. The Morgan fingerprint density at radius 1 is 1.02 bits per heavy atom. The number of nitrogens with one attached hydrogen (secondary N) is 1. The Morgan fingerprint density at radius 2 is 1.68 bits per heavy atom. The number of anilines is 1. The fourth-order valence-corrected chi connectivity index (χ4v) is 6.22. The van der Waals surface area contributed by atoms with Crippen molar-refractivity contribution in [2.45, 2.75) is 83.8 Å². The number of sulfonamides is 1. The van der Waals surface area contributed by atoms with Crippen LogP contribution in [-0.4, -0.2) is 56.6 Å². The lowest BCUT2D eigenvalue weighted by Gasteiger charge is -2.33. The van der Waals surface area contributed by atoms with Crippen molar-refractivity contribution >= 4 is 39.1 Å². The van der Waals surface area contributed by atoms with E-state index in [0.29, 0.717) is 35.9 Å². The number of carbonyl (C=O) groups is 2. The van der Waals surface area contributed by atoms with Crippen molar-refractivity contribution < 1.29 is 22.7 Å². The standard InChI is InChI=1S/C30H42ClN3O5S/c1-4-28(30(36)32-25-10-7-6-8-11-25)33(22-23-13-15-24(31)16-14-23)29(35)12-9-21-34(40(3,37)38)26-17-19-27(20-18-26)39-5-2/h13-20,25,28H,4-12,21-22H2,1-3H3,(H,32,36)/t28-/m0/s1. The first-order valence-corrected chi connectivity index (χ1v) is 16.4. The predicted molar refractivity (Wildman–Crippen MR) is 160 cm³/mol. The van der Waals surface area contributed by atoms with Crippen molar-refractivity contribution in [1.29, 1.82) is 0 Å². The number of halogens is 1. The summed E-state index contributed by atoms with van der Waals surface area (Å²) in [6.07, 6.45) is 7.33. The van der Waals surface area contributed by atoms with Gasteiger partial charge in [0, 0.05) is 30.6 Å². The molecule has 2 amide bonds. The average Bonchev–Trinajstić information content (AvgIpc) is 2.92. The van der Waals surface area contributed by atoms with Crippen molar-refractivity contribution in [1.82, 2.24) is 10.2 Å². The monoisotopic (exact) mass is 591 g/mol. The van der Waals surface area contributed by atoms with Gasteiger partial charge in [0.05, 0.1) is 18.6 Å². The first kappa shape index (κ1) is 31.7. The third kappa shape index (κ3) is 9.41. The Labute approximate surface area is 244 Å². The van der Waals surface area contributed by atoms with Crippen LogP contribution in [0.1, 0.15) is 70.8 Å². The number of carbonyl (C=O) groups excluding carboxylic acids is 2. The smallest absolute Gasteiger partial charge is 0.243 e. The minimum absolute atomic E-state index is 0.101. The van der Waals surface area contributed by atoms with Gasteiger partial charge in [-0.05, 0) is 74.6 Å². The second-order valence-corrected chi connectivity index (χ2v) is 12.6. The van der Waals surface area contributed by atoms with E-state index in [1.165, 1.54) is 10.7 Å². The lowest BCUT2D eigenvalue weighted by Crippen LogP contribution is -2.51. The van der Waals surface area contributed by atoms with Gasteiger partial charge in [-0.15, -0.1) is 0 Å². The van der Waals surface area contributed by atoms with E-state index >= 15 is 0 Å². The van der Waals surface area contributed by atoms with Gasteiger partial charge in [0.2, 0.25) is 21.8 Å². The second-order valence-electron chi connectivity index (χ2n) is 10.3. The van der Waals surface area contributed by atoms with Crippen LogP contribution in [0.2, 0.25) is 5.02 Å². The van der Waals surface area contributed by atoms with Gasteiger partial charge in [0.25, 0.3) is 0 Å². The van der Waals surface area contributed by atoms with Crippen LogP contribution in [0.25, 0.3) is 0 Å². The number of rotatable bonds is 14. The summed E-state index contributed by atoms with van der Waals surface area (Å²) in [4.78, 5) is 28.6. The van der Waals surface area contributed by atoms with Gasteiger partial charge in [-0.2, -0.15) is 0 Å². The number of nitrogens with zero attached hydrogens (tertiary/aromatic N) is 2. The molecule has 0 saturated heterocycles. The Hall–Kier alpha value is -2.78. The average molecular weight is 592 g/mol. The summed E-state index contributed by atoms with van der Waals surface area (Å²) in [6, 6.07) is 13.6. The fourth-order valence-electron chi connectivity index (χ4n) is 5.13. The van der Waals surface area contributed by atoms with Gasteiger partial charge in [0.15, 0.2) is 0 Å². The molecular weight excluding hydrogens is 550 g/mol. The second kappa shape index (κ2) is 15.3. The molecule has 0 heterocycles. The summed E-state index contributed by atoms with van der Waals surface area (Å²) < 4.78 is 31.9. The first-order valence-electron chi connectivity index (χ1n) is 14.2. The highest BCUT2D eigenvalue weighted by Crippen LogP contribution is 2.23. The number of benzene rings is 2. The normalized spacial score (nSPS) is 14.8. The summed E-state index contributed by atoms with van der Waals surface area (Å²) in [5.74, 6) is 0.328. The largest absolute Gasteiger partial charge is 0.494 e. The number of hydrogen-bond acceptors (Lipinski definition) is 5. The molecule has 0 radical (unpaired) electrons. The molecule has 2 aromatic carbocycles. The van der Waals surface area contributed by atoms with Crippen molar-refractivity contribution in [2.75, 3.05) is 23.7 Å². The first-order chi connectivity index (χ1) is 19.1. The van der Waals surface area contributed by atoms with Gasteiger partial charge in [-0.1, -0.05) is 49.9 Å². The molecule has 1 N–H and O–H groups in total. The molecule has 10 heteroatoms.